The van der Waals surface area contributed by atoms with Gasteiger partial charge in [-0.1, -0.05) is 30.3 Å². The van der Waals surface area contributed by atoms with Gasteiger partial charge in [-0.2, -0.15) is 5.10 Å². The Balaban J connectivity index is 1.66. The van der Waals surface area contributed by atoms with E-state index in [1.54, 1.807) is 6.26 Å². The van der Waals surface area contributed by atoms with Crippen molar-refractivity contribution in [3.63, 3.8) is 0 Å². The van der Waals surface area contributed by atoms with Crippen LogP contribution in [-0.4, -0.2) is 15.9 Å². The third-order valence-electron chi connectivity index (χ3n) is 5.18. The monoisotopic (exact) mass is 412 g/mol. The second kappa shape index (κ2) is 7.65. The van der Waals surface area contributed by atoms with Crippen LogP contribution >= 0.6 is 11.3 Å². The standard InChI is InChI=1S/C24H20N4OS/c1-16-7-5-10-20(17(16)2)27-24-28(22(15-30-24)23-11-6-12-29-23)26-14-18-13-25-21-9-4-3-8-19(18)21/h3-15,25H,1-2H3/b26-14+,27-24?. The summed E-state index contributed by atoms with van der Waals surface area (Å²) < 4.78 is 7.48. The maximum atomic E-state index is 5.64. The first-order valence-corrected chi connectivity index (χ1v) is 10.5. The molecule has 0 unspecified atom stereocenters. The molecule has 30 heavy (non-hydrogen) atoms. The zero-order chi connectivity index (χ0) is 20.5. The largest absolute Gasteiger partial charge is 0.463 e. The summed E-state index contributed by atoms with van der Waals surface area (Å²) in [5, 5.41) is 7.94. The van der Waals surface area contributed by atoms with Crippen molar-refractivity contribution in [2.45, 2.75) is 13.8 Å². The molecule has 0 atom stereocenters. The molecule has 0 amide bonds. The lowest BCUT2D eigenvalue weighted by molar-refractivity contribution is 0.575. The molecule has 0 saturated heterocycles. The Hall–Kier alpha value is -3.64. The summed E-state index contributed by atoms with van der Waals surface area (Å²) in [5.41, 5.74) is 6.29. The average Bonchev–Trinajstić information content (AvgIpc) is 3.50. The molecule has 1 N–H and O–H groups in total. The van der Waals surface area contributed by atoms with Gasteiger partial charge in [0.25, 0.3) is 0 Å². The van der Waals surface area contributed by atoms with Gasteiger partial charge in [-0.15, -0.1) is 11.3 Å². The summed E-state index contributed by atoms with van der Waals surface area (Å²) in [7, 11) is 0. The Kier molecular flexibility index (Phi) is 4.69. The van der Waals surface area contributed by atoms with E-state index in [1.165, 1.54) is 16.9 Å². The number of benzene rings is 2. The number of nitrogens with zero attached hydrogens (tertiary/aromatic N) is 3. The van der Waals surface area contributed by atoms with Crippen LogP contribution in [0.25, 0.3) is 22.4 Å². The summed E-state index contributed by atoms with van der Waals surface area (Å²) in [6, 6.07) is 18.2. The Morgan fingerprint density at radius 1 is 1.03 bits per heavy atom. The van der Waals surface area contributed by atoms with E-state index in [0.717, 1.165) is 44.0 Å². The van der Waals surface area contributed by atoms with Crippen LogP contribution in [0.3, 0.4) is 0 Å². The topological polar surface area (TPSA) is 58.6 Å². The van der Waals surface area contributed by atoms with E-state index in [4.69, 9.17) is 14.5 Å². The highest BCUT2D eigenvalue weighted by atomic mass is 32.1. The van der Waals surface area contributed by atoms with Crippen LogP contribution in [0.5, 0.6) is 0 Å². The Labute approximate surface area is 177 Å². The van der Waals surface area contributed by atoms with Gasteiger partial charge in [0.15, 0.2) is 5.76 Å². The number of aromatic amines is 1. The molecule has 6 heteroatoms. The minimum absolute atomic E-state index is 0.754. The molecule has 0 aliphatic carbocycles. The summed E-state index contributed by atoms with van der Waals surface area (Å²) in [5.74, 6) is 0.754. The molecular formula is C24H20N4OS. The molecule has 0 radical (unpaired) electrons. The van der Waals surface area contributed by atoms with Crippen molar-refractivity contribution in [3.8, 4) is 11.5 Å². The summed E-state index contributed by atoms with van der Waals surface area (Å²) >= 11 is 1.54. The number of para-hydroxylation sites is 1. The van der Waals surface area contributed by atoms with E-state index in [1.807, 2.05) is 58.9 Å². The minimum atomic E-state index is 0.754. The number of furan rings is 1. The summed E-state index contributed by atoms with van der Waals surface area (Å²) in [4.78, 5) is 8.98. The fourth-order valence-corrected chi connectivity index (χ4v) is 4.19. The number of aromatic nitrogens is 2. The van der Waals surface area contributed by atoms with Crippen LogP contribution in [0.15, 0.2) is 86.9 Å². The normalized spacial score (nSPS) is 12.4. The van der Waals surface area contributed by atoms with Gasteiger partial charge in [0, 0.05) is 28.0 Å². The third-order valence-corrected chi connectivity index (χ3v) is 6.00. The number of hydrogen-bond donors (Lipinski definition) is 1. The lowest BCUT2D eigenvalue weighted by Gasteiger charge is -2.04. The zero-order valence-electron chi connectivity index (χ0n) is 16.7. The highest BCUT2D eigenvalue weighted by Crippen LogP contribution is 2.24. The fourth-order valence-electron chi connectivity index (χ4n) is 3.36. The Morgan fingerprint density at radius 2 is 1.93 bits per heavy atom. The van der Waals surface area contributed by atoms with E-state index >= 15 is 0 Å². The van der Waals surface area contributed by atoms with E-state index in [-0.39, 0.29) is 0 Å². The first kappa shape index (κ1) is 18.4. The molecule has 3 heterocycles. The average molecular weight is 413 g/mol. The number of rotatable bonds is 4. The van der Waals surface area contributed by atoms with Crippen LogP contribution in [0.4, 0.5) is 5.69 Å². The summed E-state index contributed by atoms with van der Waals surface area (Å²) in [6.07, 6.45) is 5.50. The highest BCUT2D eigenvalue weighted by Gasteiger charge is 2.11. The maximum Gasteiger partial charge on any atom is 0.211 e. The molecule has 0 fully saturated rings. The van der Waals surface area contributed by atoms with Crippen LogP contribution < -0.4 is 4.80 Å². The molecular weight excluding hydrogens is 392 g/mol. The van der Waals surface area contributed by atoms with Crippen molar-refractivity contribution in [1.82, 2.24) is 9.66 Å². The smallest absolute Gasteiger partial charge is 0.211 e. The lowest BCUT2D eigenvalue weighted by Crippen LogP contribution is -2.11. The van der Waals surface area contributed by atoms with E-state index in [2.05, 4.69) is 37.0 Å². The Bertz CT molecular complexity index is 1420. The number of nitrogens with one attached hydrogen (secondary N) is 1. The quantitative estimate of drug-likeness (QED) is 0.360. The number of fused-ring (bicyclic) bond motifs is 1. The molecule has 5 nitrogen and oxygen atoms in total. The van der Waals surface area contributed by atoms with E-state index in [9.17, 15) is 0 Å². The van der Waals surface area contributed by atoms with Gasteiger partial charge in [-0.05, 0) is 49.2 Å². The highest BCUT2D eigenvalue weighted by molar-refractivity contribution is 7.07. The molecule has 2 aromatic carbocycles. The van der Waals surface area contributed by atoms with Crippen LogP contribution in [-0.2, 0) is 0 Å². The molecule has 5 rings (SSSR count). The molecule has 5 aromatic rings. The van der Waals surface area contributed by atoms with Crippen molar-refractivity contribution in [1.29, 1.82) is 0 Å². The minimum Gasteiger partial charge on any atom is -0.463 e. The lowest BCUT2D eigenvalue weighted by atomic mass is 10.1. The number of thiazole rings is 1. The van der Waals surface area contributed by atoms with Crippen molar-refractivity contribution in [2.75, 3.05) is 0 Å². The van der Waals surface area contributed by atoms with Gasteiger partial charge in [-0.25, -0.2) is 9.67 Å². The predicted molar refractivity (Wildman–Crippen MR) is 122 cm³/mol. The zero-order valence-corrected chi connectivity index (χ0v) is 17.5. The maximum absolute atomic E-state index is 5.64. The first-order valence-electron chi connectivity index (χ1n) is 9.66. The second-order valence-electron chi connectivity index (χ2n) is 7.06. The number of H-pyrrole nitrogens is 1. The molecule has 148 valence electrons. The number of hydrogen-bond acceptors (Lipinski definition) is 4. The molecule has 0 aliphatic rings. The van der Waals surface area contributed by atoms with Gasteiger partial charge in [0.1, 0.15) is 5.69 Å². The van der Waals surface area contributed by atoms with Crippen LogP contribution in [0, 0.1) is 13.8 Å². The van der Waals surface area contributed by atoms with Crippen LogP contribution in [0.2, 0.25) is 0 Å². The van der Waals surface area contributed by atoms with Crippen molar-refractivity contribution in [3.05, 3.63) is 93.9 Å². The number of aryl methyl sites for hydroxylation is 1. The Morgan fingerprint density at radius 3 is 2.80 bits per heavy atom. The van der Waals surface area contributed by atoms with Crippen LogP contribution in [0.1, 0.15) is 16.7 Å². The SMILES string of the molecule is Cc1cccc(N=c2scc(-c3ccco3)n2/N=C/c2c[nH]c3ccccc23)c1C. The fraction of sp³-hybridized carbons (Fsp3) is 0.0833. The molecule has 0 spiro atoms. The summed E-state index contributed by atoms with van der Waals surface area (Å²) in [6.45, 7) is 4.19. The van der Waals surface area contributed by atoms with Crippen molar-refractivity contribution >= 4 is 34.1 Å². The third kappa shape index (κ3) is 3.31. The molecule has 0 bridgehead atoms. The molecule has 3 aromatic heterocycles. The second-order valence-corrected chi connectivity index (χ2v) is 7.89. The predicted octanol–water partition coefficient (Wildman–Crippen LogP) is 6.02. The van der Waals surface area contributed by atoms with E-state index < -0.39 is 0 Å². The first-order chi connectivity index (χ1) is 14.7. The van der Waals surface area contributed by atoms with Gasteiger partial charge in [-0.3, -0.25) is 0 Å². The van der Waals surface area contributed by atoms with Gasteiger partial charge in [0.2, 0.25) is 4.80 Å². The van der Waals surface area contributed by atoms with Gasteiger partial charge in [0.05, 0.1) is 18.2 Å². The molecule has 0 aliphatic heterocycles. The molecule has 0 saturated carbocycles. The van der Waals surface area contributed by atoms with Crippen molar-refractivity contribution in [2.24, 2.45) is 10.1 Å². The van der Waals surface area contributed by atoms with Gasteiger partial charge >= 0.3 is 0 Å². The van der Waals surface area contributed by atoms with E-state index in [0.29, 0.717) is 0 Å². The van der Waals surface area contributed by atoms with Gasteiger partial charge < -0.3 is 9.40 Å². The van der Waals surface area contributed by atoms with Crippen molar-refractivity contribution < 1.29 is 4.42 Å².